The Bertz CT molecular complexity index is 1270. The molecule has 0 aliphatic carbocycles. The van der Waals surface area contributed by atoms with Crippen LogP contribution in [0.15, 0.2) is 65.3 Å². The normalized spacial score (nSPS) is 16.9. The molecule has 0 spiro atoms. The minimum atomic E-state index is -0.275. The second kappa shape index (κ2) is 7.68. The van der Waals surface area contributed by atoms with Gasteiger partial charge >= 0.3 is 0 Å². The molecule has 3 aromatic rings. The number of hydrogen-bond donors (Lipinski definition) is 1. The van der Waals surface area contributed by atoms with Gasteiger partial charge in [0.15, 0.2) is 6.29 Å². The average Bonchev–Trinajstić information content (AvgIpc) is 3.23. The molecule has 0 saturated carbocycles. The number of hydrogen-bond acceptors (Lipinski definition) is 6. The van der Waals surface area contributed by atoms with Gasteiger partial charge in [0.05, 0.1) is 22.5 Å². The zero-order valence-corrected chi connectivity index (χ0v) is 16.7. The van der Waals surface area contributed by atoms with Crippen LogP contribution in [0.25, 0.3) is 15.8 Å². The lowest BCUT2D eigenvalue weighted by molar-refractivity contribution is -0.104. The number of fused-ring (bicyclic) bond motifs is 2. The van der Waals surface area contributed by atoms with E-state index in [0.29, 0.717) is 30.7 Å². The molecule has 1 N–H and O–H groups in total. The third-order valence-electron chi connectivity index (χ3n) is 4.98. The molecule has 30 heavy (non-hydrogen) atoms. The van der Waals surface area contributed by atoms with E-state index in [-0.39, 0.29) is 5.91 Å². The largest absolute Gasteiger partial charge is 0.492 e. The number of para-hydroxylation sites is 1. The molecule has 0 radical (unpaired) electrons. The predicted molar refractivity (Wildman–Crippen MR) is 117 cm³/mol. The molecule has 148 valence electrons. The lowest BCUT2D eigenvalue weighted by Crippen LogP contribution is -2.17. The van der Waals surface area contributed by atoms with E-state index in [1.807, 2.05) is 42.5 Å². The van der Waals surface area contributed by atoms with Crippen LogP contribution in [0.2, 0.25) is 0 Å². The van der Waals surface area contributed by atoms with Gasteiger partial charge in [-0.3, -0.25) is 9.59 Å². The number of ether oxygens (including phenoxy) is 1. The van der Waals surface area contributed by atoms with E-state index in [0.717, 1.165) is 44.1 Å². The highest BCUT2D eigenvalue weighted by Crippen LogP contribution is 2.30. The number of thiazole rings is 1. The highest BCUT2D eigenvalue weighted by atomic mass is 32.1. The van der Waals surface area contributed by atoms with Gasteiger partial charge in [-0.25, -0.2) is 9.98 Å². The summed E-state index contributed by atoms with van der Waals surface area (Å²) in [5.41, 5.74) is 4.50. The van der Waals surface area contributed by atoms with Crippen molar-refractivity contribution in [3.8, 4) is 5.75 Å². The number of amides is 1. The number of dihydropyridines is 1. The van der Waals surface area contributed by atoms with Gasteiger partial charge in [-0.05, 0) is 36.4 Å². The van der Waals surface area contributed by atoms with Gasteiger partial charge < -0.3 is 10.1 Å². The number of aromatic nitrogens is 1. The van der Waals surface area contributed by atoms with Crippen molar-refractivity contribution in [2.75, 3.05) is 13.2 Å². The maximum atomic E-state index is 12.8. The van der Waals surface area contributed by atoms with E-state index in [2.05, 4.69) is 15.3 Å². The van der Waals surface area contributed by atoms with E-state index in [4.69, 9.17) is 4.74 Å². The smallest absolute Gasteiger partial charge is 0.277 e. The number of aliphatic imine (C=N–C) groups is 1. The summed E-state index contributed by atoms with van der Waals surface area (Å²) in [6, 6.07) is 13.1. The molecular formula is C23H17N3O3S. The van der Waals surface area contributed by atoms with Gasteiger partial charge in [-0.2, -0.15) is 0 Å². The Labute approximate surface area is 176 Å². The van der Waals surface area contributed by atoms with Crippen LogP contribution >= 0.6 is 11.3 Å². The summed E-state index contributed by atoms with van der Waals surface area (Å²) in [6.07, 6.45) is 4.93. The van der Waals surface area contributed by atoms with Crippen LogP contribution in [-0.2, 0) is 4.79 Å². The number of carbonyl (C=O) groups excluding carboxylic acids is 2. The third kappa shape index (κ3) is 3.44. The molecule has 0 saturated heterocycles. The monoisotopic (exact) mass is 415 g/mol. The fourth-order valence-electron chi connectivity index (χ4n) is 3.50. The Balaban J connectivity index is 1.46. The van der Waals surface area contributed by atoms with E-state index in [9.17, 15) is 9.59 Å². The molecule has 1 amide bonds. The number of benzene rings is 2. The van der Waals surface area contributed by atoms with Crippen molar-refractivity contribution < 1.29 is 14.3 Å². The number of nitrogens with one attached hydrogen (secondary N) is 1. The molecule has 2 aromatic carbocycles. The summed E-state index contributed by atoms with van der Waals surface area (Å²) >= 11 is 1.50. The minimum Gasteiger partial charge on any atom is -0.492 e. The van der Waals surface area contributed by atoms with E-state index in [1.54, 1.807) is 12.3 Å². The summed E-state index contributed by atoms with van der Waals surface area (Å²) in [6.45, 7) is 1.12. The van der Waals surface area contributed by atoms with Crippen molar-refractivity contribution in [2.24, 2.45) is 4.99 Å². The number of carbonyl (C=O) groups is 2. The van der Waals surface area contributed by atoms with Crippen molar-refractivity contribution >= 4 is 45.0 Å². The van der Waals surface area contributed by atoms with Crippen molar-refractivity contribution in [1.29, 1.82) is 0 Å². The van der Waals surface area contributed by atoms with Gasteiger partial charge in [-0.1, -0.05) is 12.1 Å². The fraction of sp³-hybridized carbons (Fsp3) is 0.130. The lowest BCUT2D eigenvalue weighted by Gasteiger charge is -2.18. The maximum absolute atomic E-state index is 12.8. The molecule has 0 fully saturated rings. The second-order valence-corrected chi connectivity index (χ2v) is 8.00. The van der Waals surface area contributed by atoms with Crippen molar-refractivity contribution in [3.63, 3.8) is 0 Å². The second-order valence-electron chi connectivity index (χ2n) is 6.97. The Hall–Kier alpha value is -3.58. The van der Waals surface area contributed by atoms with E-state index < -0.39 is 0 Å². The van der Waals surface area contributed by atoms with Gasteiger partial charge in [0, 0.05) is 41.4 Å². The summed E-state index contributed by atoms with van der Waals surface area (Å²) in [5.74, 6) is 0.485. The zero-order chi connectivity index (χ0) is 20.5. The van der Waals surface area contributed by atoms with Gasteiger partial charge in [0.2, 0.25) is 0 Å². The minimum absolute atomic E-state index is 0.275. The molecule has 5 rings (SSSR count). The molecule has 0 atom stereocenters. The van der Waals surface area contributed by atoms with Crippen molar-refractivity contribution in [3.05, 3.63) is 76.4 Å². The van der Waals surface area contributed by atoms with Gasteiger partial charge in [0.1, 0.15) is 10.8 Å². The highest BCUT2D eigenvalue weighted by molar-refractivity contribution is 7.19. The van der Waals surface area contributed by atoms with Crippen molar-refractivity contribution in [1.82, 2.24) is 10.3 Å². The summed E-state index contributed by atoms with van der Waals surface area (Å²) < 4.78 is 6.55. The molecule has 0 unspecified atom stereocenters. The van der Waals surface area contributed by atoms with Crippen LogP contribution in [-0.4, -0.2) is 36.0 Å². The molecule has 2 aliphatic heterocycles. The lowest BCUT2D eigenvalue weighted by atomic mass is 10.0. The number of nitrogens with zero attached hydrogens (tertiary/aromatic N) is 2. The van der Waals surface area contributed by atoms with E-state index in [1.165, 1.54) is 11.3 Å². The highest BCUT2D eigenvalue weighted by Gasteiger charge is 2.18. The standard InChI is InChI=1S/C23H17N3O3S/c27-13-14-9-16(12-24-11-14)23-26-19-6-5-15(10-21(19)30-23)22(28)25-18-7-8-29-20-4-2-1-3-17(18)20/h1-6,9-11,13,24H,7-8,12H2. The summed E-state index contributed by atoms with van der Waals surface area (Å²) in [7, 11) is 0. The molecule has 7 heteroatoms. The molecule has 2 aliphatic rings. The Morgan fingerprint density at radius 3 is 3.03 bits per heavy atom. The predicted octanol–water partition coefficient (Wildman–Crippen LogP) is 3.78. The first-order valence-corrected chi connectivity index (χ1v) is 10.4. The first kappa shape index (κ1) is 18.4. The first-order chi connectivity index (χ1) is 14.7. The van der Waals surface area contributed by atoms with Crippen molar-refractivity contribution in [2.45, 2.75) is 6.42 Å². The fourth-order valence-corrected chi connectivity index (χ4v) is 4.52. The van der Waals surface area contributed by atoms with Crippen LogP contribution in [0, 0.1) is 0 Å². The number of allylic oxidation sites excluding steroid dienone is 2. The van der Waals surface area contributed by atoms with Crippen LogP contribution < -0.4 is 10.1 Å². The van der Waals surface area contributed by atoms with Gasteiger partial charge in [0.25, 0.3) is 5.91 Å². The average molecular weight is 415 g/mol. The molecule has 6 nitrogen and oxygen atoms in total. The third-order valence-corrected chi connectivity index (χ3v) is 6.07. The molecule has 0 bridgehead atoms. The van der Waals surface area contributed by atoms with E-state index >= 15 is 0 Å². The van der Waals surface area contributed by atoms with Crippen LogP contribution in [0.4, 0.5) is 0 Å². The summed E-state index contributed by atoms with van der Waals surface area (Å²) in [4.78, 5) is 32.9. The topological polar surface area (TPSA) is 80.7 Å². The van der Waals surface area contributed by atoms with Crippen LogP contribution in [0.3, 0.4) is 0 Å². The Kier molecular flexibility index (Phi) is 4.72. The molecule has 3 heterocycles. The number of rotatable bonds is 3. The quantitative estimate of drug-likeness (QED) is 0.659. The number of aldehydes is 1. The maximum Gasteiger partial charge on any atom is 0.277 e. The van der Waals surface area contributed by atoms with Gasteiger partial charge in [-0.15, -0.1) is 11.3 Å². The first-order valence-electron chi connectivity index (χ1n) is 9.55. The molecule has 1 aromatic heterocycles. The SMILES string of the molecule is O=CC1=CNCC(c2nc3ccc(C(=O)N=C4CCOc5ccccc54)cc3s2)=C1. The summed E-state index contributed by atoms with van der Waals surface area (Å²) in [5, 5.41) is 3.92. The Morgan fingerprint density at radius 1 is 1.23 bits per heavy atom. The Morgan fingerprint density at radius 2 is 2.13 bits per heavy atom. The zero-order valence-electron chi connectivity index (χ0n) is 15.9. The van der Waals surface area contributed by atoms with Crippen LogP contribution in [0.5, 0.6) is 5.75 Å². The van der Waals surface area contributed by atoms with Crippen LogP contribution in [0.1, 0.15) is 27.3 Å². The molecular weight excluding hydrogens is 398 g/mol.